The number of benzene rings is 2. The summed E-state index contributed by atoms with van der Waals surface area (Å²) < 4.78 is 5.85. The maximum absolute atomic E-state index is 5.85. The Morgan fingerprint density at radius 3 is 2.44 bits per heavy atom. The van der Waals surface area contributed by atoms with Crippen molar-refractivity contribution in [2.75, 3.05) is 11.9 Å². The molecule has 3 nitrogen and oxygen atoms in total. The van der Waals surface area contributed by atoms with Gasteiger partial charge in [0.05, 0.1) is 5.69 Å². The molecule has 0 spiro atoms. The summed E-state index contributed by atoms with van der Waals surface area (Å²) in [6, 6.07) is 17.8. The SMILES string of the molecule is CC(CN)Nc1ccccc1Oc1ccccc1. The van der Waals surface area contributed by atoms with E-state index in [1.165, 1.54) is 0 Å². The van der Waals surface area contributed by atoms with Crippen molar-refractivity contribution in [2.24, 2.45) is 5.73 Å². The summed E-state index contributed by atoms with van der Waals surface area (Å²) >= 11 is 0. The van der Waals surface area contributed by atoms with Crippen LogP contribution in [-0.2, 0) is 0 Å². The summed E-state index contributed by atoms with van der Waals surface area (Å²) in [6.45, 7) is 2.62. The van der Waals surface area contributed by atoms with Gasteiger partial charge in [0.2, 0.25) is 0 Å². The number of para-hydroxylation sites is 3. The van der Waals surface area contributed by atoms with Crippen LogP contribution in [-0.4, -0.2) is 12.6 Å². The molecule has 0 fully saturated rings. The molecule has 94 valence electrons. The first-order valence-corrected chi connectivity index (χ1v) is 6.08. The number of anilines is 1. The summed E-state index contributed by atoms with van der Waals surface area (Å²) in [5, 5.41) is 3.33. The Hall–Kier alpha value is -2.00. The molecule has 0 aromatic heterocycles. The van der Waals surface area contributed by atoms with Crippen LogP contribution in [0.3, 0.4) is 0 Å². The molecule has 0 aliphatic rings. The molecule has 0 heterocycles. The van der Waals surface area contributed by atoms with E-state index in [0.29, 0.717) is 6.54 Å². The molecule has 3 heteroatoms. The first-order chi connectivity index (χ1) is 8.79. The molecule has 0 radical (unpaired) electrons. The summed E-state index contributed by atoms with van der Waals surface area (Å²) in [7, 11) is 0. The van der Waals surface area contributed by atoms with Crippen molar-refractivity contribution < 1.29 is 4.74 Å². The van der Waals surface area contributed by atoms with Crippen LogP contribution in [0.2, 0.25) is 0 Å². The lowest BCUT2D eigenvalue weighted by atomic mass is 10.2. The molecule has 3 N–H and O–H groups in total. The molecule has 0 aliphatic carbocycles. The van der Waals surface area contributed by atoms with Gasteiger partial charge in [-0.15, -0.1) is 0 Å². The predicted octanol–water partition coefficient (Wildman–Crippen LogP) is 3.24. The molecule has 2 rings (SSSR count). The number of ether oxygens (including phenoxy) is 1. The van der Waals surface area contributed by atoms with Gasteiger partial charge >= 0.3 is 0 Å². The number of hydrogen-bond donors (Lipinski definition) is 2. The van der Waals surface area contributed by atoms with Crippen LogP contribution in [0.15, 0.2) is 54.6 Å². The maximum atomic E-state index is 5.85. The Morgan fingerprint density at radius 2 is 1.72 bits per heavy atom. The van der Waals surface area contributed by atoms with E-state index >= 15 is 0 Å². The highest BCUT2D eigenvalue weighted by Crippen LogP contribution is 2.29. The Kier molecular flexibility index (Phi) is 4.20. The van der Waals surface area contributed by atoms with E-state index in [9.17, 15) is 0 Å². The Bertz CT molecular complexity index is 485. The highest BCUT2D eigenvalue weighted by Gasteiger charge is 2.06. The predicted molar refractivity (Wildman–Crippen MR) is 75.1 cm³/mol. The highest BCUT2D eigenvalue weighted by atomic mass is 16.5. The monoisotopic (exact) mass is 242 g/mol. The van der Waals surface area contributed by atoms with Gasteiger partial charge in [0, 0.05) is 12.6 Å². The van der Waals surface area contributed by atoms with Crippen LogP contribution >= 0.6 is 0 Å². The number of nitrogens with two attached hydrogens (primary N) is 1. The van der Waals surface area contributed by atoms with E-state index in [0.717, 1.165) is 17.2 Å². The van der Waals surface area contributed by atoms with Crippen LogP contribution in [0, 0.1) is 0 Å². The fourth-order valence-corrected chi connectivity index (χ4v) is 1.61. The summed E-state index contributed by atoms with van der Waals surface area (Å²) in [6.07, 6.45) is 0. The number of hydrogen-bond acceptors (Lipinski definition) is 3. The molecule has 2 aromatic rings. The molecular weight excluding hydrogens is 224 g/mol. The molecule has 2 aromatic carbocycles. The second-order valence-electron chi connectivity index (χ2n) is 4.19. The van der Waals surface area contributed by atoms with Gasteiger partial charge in [0.25, 0.3) is 0 Å². The highest BCUT2D eigenvalue weighted by molar-refractivity contribution is 5.58. The van der Waals surface area contributed by atoms with Gasteiger partial charge < -0.3 is 15.8 Å². The number of rotatable bonds is 5. The van der Waals surface area contributed by atoms with Gasteiger partial charge in [0.1, 0.15) is 5.75 Å². The smallest absolute Gasteiger partial charge is 0.150 e. The largest absolute Gasteiger partial charge is 0.455 e. The van der Waals surface area contributed by atoms with Crippen molar-refractivity contribution in [3.8, 4) is 11.5 Å². The van der Waals surface area contributed by atoms with Gasteiger partial charge in [-0.25, -0.2) is 0 Å². The zero-order chi connectivity index (χ0) is 12.8. The maximum Gasteiger partial charge on any atom is 0.150 e. The Balaban J connectivity index is 2.17. The molecule has 0 saturated heterocycles. The zero-order valence-corrected chi connectivity index (χ0v) is 10.5. The number of nitrogens with one attached hydrogen (secondary N) is 1. The second kappa shape index (κ2) is 6.07. The van der Waals surface area contributed by atoms with Crippen LogP contribution < -0.4 is 15.8 Å². The van der Waals surface area contributed by atoms with Gasteiger partial charge in [-0.2, -0.15) is 0 Å². The van der Waals surface area contributed by atoms with Crippen molar-refractivity contribution in [3.05, 3.63) is 54.6 Å². The van der Waals surface area contributed by atoms with E-state index in [4.69, 9.17) is 10.5 Å². The van der Waals surface area contributed by atoms with Crippen molar-refractivity contribution in [1.29, 1.82) is 0 Å². The van der Waals surface area contributed by atoms with Gasteiger partial charge in [-0.05, 0) is 31.2 Å². The average molecular weight is 242 g/mol. The lowest BCUT2D eigenvalue weighted by Crippen LogP contribution is -2.25. The van der Waals surface area contributed by atoms with Crippen LogP contribution in [0.5, 0.6) is 11.5 Å². The van der Waals surface area contributed by atoms with Gasteiger partial charge in [-0.1, -0.05) is 30.3 Å². The van der Waals surface area contributed by atoms with Crippen molar-refractivity contribution >= 4 is 5.69 Å². The standard InChI is InChI=1S/C15H18N2O/c1-12(11-16)17-14-9-5-6-10-15(14)18-13-7-3-2-4-8-13/h2-10,12,17H,11,16H2,1H3. The van der Waals surface area contributed by atoms with E-state index < -0.39 is 0 Å². The lowest BCUT2D eigenvalue weighted by molar-refractivity contribution is 0.483. The molecule has 0 bridgehead atoms. The third-order valence-electron chi connectivity index (χ3n) is 2.61. The van der Waals surface area contributed by atoms with E-state index in [1.54, 1.807) is 0 Å². The van der Waals surface area contributed by atoms with E-state index in [2.05, 4.69) is 5.32 Å². The fraction of sp³-hybridized carbons (Fsp3) is 0.200. The third-order valence-corrected chi connectivity index (χ3v) is 2.61. The molecule has 18 heavy (non-hydrogen) atoms. The van der Waals surface area contributed by atoms with Crippen LogP contribution in [0.4, 0.5) is 5.69 Å². The molecule has 1 atom stereocenters. The topological polar surface area (TPSA) is 47.3 Å². The Morgan fingerprint density at radius 1 is 1.06 bits per heavy atom. The minimum absolute atomic E-state index is 0.213. The van der Waals surface area contributed by atoms with Crippen molar-refractivity contribution in [3.63, 3.8) is 0 Å². The fourth-order valence-electron chi connectivity index (χ4n) is 1.61. The average Bonchev–Trinajstić information content (AvgIpc) is 2.42. The van der Waals surface area contributed by atoms with Crippen molar-refractivity contribution in [2.45, 2.75) is 13.0 Å². The molecule has 1 unspecified atom stereocenters. The van der Waals surface area contributed by atoms with Crippen LogP contribution in [0.25, 0.3) is 0 Å². The zero-order valence-electron chi connectivity index (χ0n) is 10.5. The van der Waals surface area contributed by atoms with E-state index in [-0.39, 0.29) is 6.04 Å². The molecule has 0 aliphatic heterocycles. The van der Waals surface area contributed by atoms with Gasteiger partial charge in [0.15, 0.2) is 5.75 Å². The first kappa shape index (κ1) is 12.5. The third kappa shape index (κ3) is 3.25. The minimum Gasteiger partial charge on any atom is -0.455 e. The molecule has 0 amide bonds. The normalized spacial score (nSPS) is 11.9. The summed E-state index contributed by atoms with van der Waals surface area (Å²) in [5.41, 5.74) is 6.58. The van der Waals surface area contributed by atoms with Crippen LogP contribution in [0.1, 0.15) is 6.92 Å². The second-order valence-corrected chi connectivity index (χ2v) is 4.19. The molecule has 0 saturated carbocycles. The van der Waals surface area contributed by atoms with E-state index in [1.807, 2.05) is 61.5 Å². The minimum atomic E-state index is 0.213. The quantitative estimate of drug-likeness (QED) is 0.846. The lowest BCUT2D eigenvalue weighted by Gasteiger charge is -2.16. The Labute approximate surface area is 108 Å². The molecular formula is C15H18N2O. The summed E-state index contributed by atoms with van der Waals surface area (Å²) in [4.78, 5) is 0. The van der Waals surface area contributed by atoms with Gasteiger partial charge in [-0.3, -0.25) is 0 Å². The van der Waals surface area contributed by atoms with Crippen molar-refractivity contribution in [1.82, 2.24) is 0 Å². The summed E-state index contributed by atoms with van der Waals surface area (Å²) in [5.74, 6) is 1.64. The first-order valence-electron chi connectivity index (χ1n) is 6.08.